The lowest BCUT2D eigenvalue weighted by molar-refractivity contribution is 0.0955. The molecule has 0 atom stereocenters. The zero-order valence-electron chi connectivity index (χ0n) is 14.0. The molecule has 0 saturated carbocycles. The van der Waals surface area contributed by atoms with Gasteiger partial charge in [-0.25, -0.2) is 0 Å². The molecule has 1 amide bonds. The third kappa shape index (κ3) is 3.58. The van der Waals surface area contributed by atoms with Crippen molar-refractivity contribution in [2.24, 2.45) is 0 Å². The van der Waals surface area contributed by atoms with Crippen molar-refractivity contribution < 1.29 is 9.53 Å². The Morgan fingerprint density at radius 2 is 2.00 bits per heavy atom. The summed E-state index contributed by atoms with van der Waals surface area (Å²) in [6, 6.07) is 10.1. The van der Waals surface area contributed by atoms with Gasteiger partial charge in [-0.05, 0) is 39.6 Å². The van der Waals surface area contributed by atoms with Crippen molar-refractivity contribution in [3.8, 4) is 5.69 Å². The van der Waals surface area contributed by atoms with Gasteiger partial charge in [-0.15, -0.1) is 16.4 Å². The van der Waals surface area contributed by atoms with Crippen LogP contribution < -0.4 is 10.2 Å². The molecule has 1 aromatic carbocycles. The van der Waals surface area contributed by atoms with E-state index >= 15 is 0 Å². The van der Waals surface area contributed by atoms with Crippen molar-refractivity contribution in [1.82, 2.24) is 25.5 Å². The van der Waals surface area contributed by atoms with E-state index in [-0.39, 0.29) is 5.91 Å². The summed E-state index contributed by atoms with van der Waals surface area (Å²) in [6.45, 7) is 3.82. The zero-order valence-corrected chi connectivity index (χ0v) is 14.9. The Hall–Kier alpha value is -2.78. The maximum atomic E-state index is 12.5. The van der Waals surface area contributed by atoms with E-state index in [9.17, 15) is 4.79 Å². The normalized spacial score (nSPS) is 14.4. The van der Waals surface area contributed by atoms with Crippen molar-refractivity contribution in [3.63, 3.8) is 0 Å². The number of anilines is 1. The van der Waals surface area contributed by atoms with Gasteiger partial charge in [0, 0.05) is 25.3 Å². The minimum absolute atomic E-state index is 0.136. The summed E-state index contributed by atoms with van der Waals surface area (Å²) in [5, 5.41) is 15.9. The predicted molar refractivity (Wildman–Crippen MR) is 97.7 cm³/mol. The highest BCUT2D eigenvalue weighted by Gasteiger charge is 2.15. The molecule has 1 N–H and O–H groups in total. The van der Waals surface area contributed by atoms with E-state index in [0.29, 0.717) is 17.1 Å². The Bertz CT molecular complexity index is 856. The molecule has 0 unspecified atom stereocenters. The van der Waals surface area contributed by atoms with Gasteiger partial charge < -0.3 is 15.0 Å². The number of nitrogens with zero attached hydrogens (tertiary/aromatic N) is 5. The first kappa shape index (κ1) is 16.7. The maximum Gasteiger partial charge on any atom is 0.263 e. The monoisotopic (exact) mass is 370 g/mol. The summed E-state index contributed by atoms with van der Waals surface area (Å²) in [5.74, 6) is -0.136. The quantitative estimate of drug-likeness (QED) is 0.732. The number of tetrazole rings is 1. The second-order valence-corrected chi connectivity index (χ2v) is 6.75. The number of rotatable bonds is 5. The third-order valence-corrected chi connectivity index (χ3v) is 5.11. The number of thiophene rings is 1. The molecule has 1 fully saturated rings. The molecule has 4 rings (SSSR count). The number of morpholine rings is 1. The van der Waals surface area contributed by atoms with Crippen molar-refractivity contribution >= 4 is 22.9 Å². The molecule has 2 aromatic heterocycles. The van der Waals surface area contributed by atoms with E-state index in [1.807, 2.05) is 23.6 Å². The van der Waals surface area contributed by atoms with Crippen LogP contribution >= 0.6 is 11.3 Å². The average Bonchev–Trinajstić information content (AvgIpc) is 3.38. The van der Waals surface area contributed by atoms with Gasteiger partial charge in [0.15, 0.2) is 0 Å². The highest BCUT2D eigenvalue weighted by atomic mass is 32.1. The number of carbonyl (C=O) groups is 1. The minimum Gasteiger partial charge on any atom is -0.378 e. The highest BCUT2D eigenvalue weighted by molar-refractivity contribution is 7.12. The average molecular weight is 370 g/mol. The van der Waals surface area contributed by atoms with Gasteiger partial charge in [-0.3, -0.25) is 4.79 Å². The third-order valence-electron chi connectivity index (χ3n) is 4.21. The number of carbonyl (C=O) groups excluding carboxylic acids is 1. The van der Waals surface area contributed by atoms with Gasteiger partial charge in [-0.1, -0.05) is 12.1 Å². The molecule has 1 aliphatic rings. The lowest BCUT2D eigenvalue weighted by atomic mass is 10.2. The largest absolute Gasteiger partial charge is 0.378 e. The fourth-order valence-electron chi connectivity index (χ4n) is 2.83. The molecule has 0 aliphatic carbocycles. The standard InChI is InChI=1S/C17H18N6O2S/c24-17(16-15(5-10-26-16)23-12-19-20-21-23)18-11-13-1-3-14(4-2-13)22-6-8-25-9-7-22/h1-5,10,12H,6-9,11H2,(H,18,24). The van der Waals surface area contributed by atoms with E-state index in [4.69, 9.17) is 4.74 Å². The zero-order chi connectivity index (χ0) is 17.8. The Balaban J connectivity index is 1.38. The topological polar surface area (TPSA) is 85.2 Å². The Kier molecular flexibility index (Phi) is 4.89. The lowest BCUT2D eigenvalue weighted by Gasteiger charge is -2.28. The van der Waals surface area contributed by atoms with Crippen LogP contribution in [0.15, 0.2) is 42.0 Å². The molecule has 3 aromatic rings. The van der Waals surface area contributed by atoms with E-state index in [2.05, 4.69) is 37.9 Å². The molecule has 0 bridgehead atoms. The van der Waals surface area contributed by atoms with Crippen LogP contribution in [-0.4, -0.2) is 52.4 Å². The van der Waals surface area contributed by atoms with Gasteiger partial charge >= 0.3 is 0 Å². The molecule has 0 spiro atoms. The molecule has 0 radical (unpaired) electrons. The van der Waals surface area contributed by atoms with Crippen LogP contribution in [0, 0.1) is 0 Å². The smallest absolute Gasteiger partial charge is 0.263 e. The fourth-order valence-corrected chi connectivity index (χ4v) is 3.63. The number of aromatic nitrogens is 4. The van der Waals surface area contributed by atoms with Crippen molar-refractivity contribution in [2.75, 3.05) is 31.2 Å². The number of hydrogen-bond acceptors (Lipinski definition) is 7. The Morgan fingerprint density at radius 3 is 2.73 bits per heavy atom. The second kappa shape index (κ2) is 7.63. The summed E-state index contributed by atoms with van der Waals surface area (Å²) >= 11 is 1.37. The summed E-state index contributed by atoms with van der Waals surface area (Å²) < 4.78 is 6.87. The number of nitrogens with one attached hydrogen (secondary N) is 1. The van der Waals surface area contributed by atoms with E-state index < -0.39 is 0 Å². The number of ether oxygens (including phenoxy) is 1. The van der Waals surface area contributed by atoms with Crippen LogP contribution in [0.4, 0.5) is 5.69 Å². The number of amides is 1. The summed E-state index contributed by atoms with van der Waals surface area (Å²) in [5.41, 5.74) is 2.92. The molecule has 1 saturated heterocycles. The summed E-state index contributed by atoms with van der Waals surface area (Å²) in [4.78, 5) is 15.4. The predicted octanol–water partition coefficient (Wildman–Crippen LogP) is 1.49. The molecule has 134 valence electrons. The minimum atomic E-state index is -0.136. The van der Waals surface area contributed by atoms with Crippen molar-refractivity contribution in [1.29, 1.82) is 0 Å². The molecule has 26 heavy (non-hydrogen) atoms. The molecule has 9 heteroatoms. The fraction of sp³-hybridized carbons (Fsp3) is 0.294. The Labute approximate surface area is 154 Å². The van der Waals surface area contributed by atoms with Crippen LogP contribution in [0.1, 0.15) is 15.2 Å². The number of benzene rings is 1. The molecular weight excluding hydrogens is 352 g/mol. The van der Waals surface area contributed by atoms with Crippen LogP contribution in [0.25, 0.3) is 5.69 Å². The Morgan fingerprint density at radius 1 is 1.19 bits per heavy atom. The first-order valence-corrected chi connectivity index (χ1v) is 9.20. The molecule has 8 nitrogen and oxygen atoms in total. The first-order valence-electron chi connectivity index (χ1n) is 8.32. The number of hydrogen-bond donors (Lipinski definition) is 1. The highest BCUT2D eigenvalue weighted by Crippen LogP contribution is 2.20. The molecule has 3 heterocycles. The van der Waals surface area contributed by atoms with Crippen molar-refractivity contribution in [3.05, 3.63) is 52.5 Å². The van der Waals surface area contributed by atoms with E-state index in [1.165, 1.54) is 28.0 Å². The van der Waals surface area contributed by atoms with Crippen LogP contribution in [0.2, 0.25) is 0 Å². The van der Waals surface area contributed by atoms with Gasteiger partial charge in [0.05, 0.1) is 18.9 Å². The van der Waals surface area contributed by atoms with Crippen LogP contribution in [-0.2, 0) is 11.3 Å². The van der Waals surface area contributed by atoms with Gasteiger partial charge in [0.2, 0.25) is 0 Å². The summed E-state index contributed by atoms with van der Waals surface area (Å²) in [6.07, 6.45) is 1.48. The van der Waals surface area contributed by atoms with Gasteiger partial charge in [0.1, 0.15) is 11.2 Å². The first-order chi connectivity index (χ1) is 12.8. The van der Waals surface area contributed by atoms with Crippen LogP contribution in [0.3, 0.4) is 0 Å². The van der Waals surface area contributed by atoms with E-state index in [0.717, 1.165) is 31.9 Å². The molecule has 1 aliphatic heterocycles. The van der Waals surface area contributed by atoms with E-state index in [1.54, 1.807) is 0 Å². The van der Waals surface area contributed by atoms with Gasteiger partial charge in [-0.2, -0.15) is 4.68 Å². The van der Waals surface area contributed by atoms with Crippen molar-refractivity contribution in [2.45, 2.75) is 6.54 Å². The maximum absolute atomic E-state index is 12.5. The summed E-state index contributed by atoms with van der Waals surface area (Å²) in [7, 11) is 0. The SMILES string of the molecule is O=C(NCc1ccc(N2CCOCC2)cc1)c1sccc1-n1cnnn1. The van der Waals surface area contributed by atoms with Gasteiger partial charge in [0.25, 0.3) is 5.91 Å². The van der Waals surface area contributed by atoms with Crippen LogP contribution in [0.5, 0.6) is 0 Å². The lowest BCUT2D eigenvalue weighted by Crippen LogP contribution is -2.36. The second-order valence-electron chi connectivity index (χ2n) is 5.84. The molecular formula is C17H18N6O2S.